The van der Waals surface area contributed by atoms with Gasteiger partial charge in [-0.2, -0.15) is 0 Å². The molecule has 0 bridgehead atoms. The van der Waals surface area contributed by atoms with E-state index in [9.17, 15) is 0 Å². The van der Waals surface area contributed by atoms with Gasteiger partial charge >= 0.3 is 0 Å². The predicted molar refractivity (Wildman–Crippen MR) is 124 cm³/mol. The molecule has 0 heteroatoms. The minimum atomic E-state index is 0.906. The van der Waals surface area contributed by atoms with E-state index in [4.69, 9.17) is 0 Å². The van der Waals surface area contributed by atoms with Crippen molar-refractivity contribution in [2.45, 2.75) is 19.3 Å². The van der Waals surface area contributed by atoms with Crippen molar-refractivity contribution in [2.24, 2.45) is 0 Å². The summed E-state index contributed by atoms with van der Waals surface area (Å²) >= 11 is 0. The van der Waals surface area contributed by atoms with Crippen LogP contribution in [0.2, 0.25) is 0 Å². The van der Waals surface area contributed by atoms with E-state index in [0.717, 1.165) is 19.3 Å². The Hall–Kier alpha value is -3.38. The Morgan fingerprint density at radius 3 is 2.14 bits per heavy atom. The molecule has 0 saturated carbocycles. The molecule has 2 aliphatic carbocycles. The Morgan fingerprint density at radius 1 is 0.724 bits per heavy atom. The molecule has 0 aliphatic heterocycles. The third kappa shape index (κ3) is 3.67. The Balaban J connectivity index is 1.28. The van der Waals surface area contributed by atoms with Gasteiger partial charge in [0, 0.05) is 0 Å². The molecule has 0 spiro atoms. The van der Waals surface area contributed by atoms with Gasteiger partial charge in [-0.1, -0.05) is 104 Å². The second-order valence-electron chi connectivity index (χ2n) is 7.95. The van der Waals surface area contributed by atoms with Crippen molar-refractivity contribution >= 4 is 17.2 Å². The first-order valence-corrected chi connectivity index (χ1v) is 10.3. The first-order valence-electron chi connectivity index (χ1n) is 10.3. The fourth-order valence-corrected chi connectivity index (χ4v) is 4.31. The van der Waals surface area contributed by atoms with E-state index in [-0.39, 0.29) is 0 Å². The van der Waals surface area contributed by atoms with Crippen LogP contribution in [0.25, 0.3) is 17.2 Å². The van der Waals surface area contributed by atoms with Gasteiger partial charge in [-0.3, -0.25) is 0 Å². The Labute approximate surface area is 173 Å². The number of rotatable bonds is 5. The smallest absolute Gasteiger partial charge is 0.00137 e. The lowest BCUT2D eigenvalue weighted by molar-refractivity contribution is 1.12. The highest BCUT2D eigenvalue weighted by Crippen LogP contribution is 2.35. The van der Waals surface area contributed by atoms with Crippen molar-refractivity contribution < 1.29 is 0 Å². The van der Waals surface area contributed by atoms with Crippen LogP contribution in [0.15, 0.2) is 109 Å². The molecule has 140 valence electrons. The SMILES string of the molecule is C=C(Cc1ccc2c(c1)C=C(c1ccccc1)C2)C1=CC=C(c2ccccc2)C1. The molecular weight excluding hydrogens is 348 g/mol. The topological polar surface area (TPSA) is 0 Å². The fourth-order valence-electron chi connectivity index (χ4n) is 4.31. The van der Waals surface area contributed by atoms with Crippen LogP contribution in [-0.4, -0.2) is 0 Å². The van der Waals surface area contributed by atoms with E-state index in [1.807, 2.05) is 0 Å². The van der Waals surface area contributed by atoms with Crippen LogP contribution < -0.4 is 0 Å². The van der Waals surface area contributed by atoms with E-state index >= 15 is 0 Å². The van der Waals surface area contributed by atoms with Gasteiger partial charge < -0.3 is 0 Å². The maximum atomic E-state index is 4.40. The van der Waals surface area contributed by atoms with Crippen molar-refractivity contribution in [3.05, 3.63) is 137 Å². The summed E-state index contributed by atoms with van der Waals surface area (Å²) in [6, 6.07) is 28.2. The van der Waals surface area contributed by atoms with E-state index in [0.29, 0.717) is 0 Å². The normalized spacial score (nSPS) is 14.8. The van der Waals surface area contributed by atoms with Crippen LogP contribution in [-0.2, 0) is 12.8 Å². The zero-order chi connectivity index (χ0) is 19.6. The van der Waals surface area contributed by atoms with Crippen LogP contribution >= 0.6 is 0 Å². The summed E-state index contributed by atoms with van der Waals surface area (Å²) < 4.78 is 0. The van der Waals surface area contributed by atoms with Crippen LogP contribution in [0.3, 0.4) is 0 Å². The molecule has 0 heterocycles. The van der Waals surface area contributed by atoms with Gasteiger partial charge in [0.2, 0.25) is 0 Å². The first-order chi connectivity index (χ1) is 14.3. The molecule has 2 aliphatic rings. The van der Waals surface area contributed by atoms with E-state index < -0.39 is 0 Å². The van der Waals surface area contributed by atoms with Crippen LogP contribution in [0.4, 0.5) is 0 Å². The number of fused-ring (bicyclic) bond motifs is 1. The zero-order valence-corrected chi connectivity index (χ0v) is 16.6. The maximum absolute atomic E-state index is 4.40. The maximum Gasteiger partial charge on any atom is -0.00137 e. The summed E-state index contributed by atoms with van der Waals surface area (Å²) in [6.45, 7) is 4.40. The fraction of sp³-hybridized carbons (Fsp3) is 0.103. The van der Waals surface area contributed by atoms with E-state index in [1.54, 1.807) is 0 Å². The molecule has 0 saturated heterocycles. The van der Waals surface area contributed by atoms with Crippen molar-refractivity contribution in [3.8, 4) is 0 Å². The Morgan fingerprint density at radius 2 is 1.41 bits per heavy atom. The largest absolute Gasteiger partial charge is 0.0952 e. The summed E-state index contributed by atoms with van der Waals surface area (Å²) in [6.07, 6.45) is 9.74. The molecule has 0 radical (unpaired) electrons. The van der Waals surface area contributed by atoms with Gasteiger partial charge in [0.05, 0.1) is 0 Å². The molecule has 0 aromatic heterocycles. The van der Waals surface area contributed by atoms with Crippen LogP contribution in [0.1, 0.15) is 34.2 Å². The average molecular weight is 373 g/mol. The molecule has 0 amide bonds. The highest BCUT2D eigenvalue weighted by atomic mass is 14.2. The monoisotopic (exact) mass is 372 g/mol. The molecule has 0 N–H and O–H groups in total. The molecule has 0 nitrogen and oxygen atoms in total. The first kappa shape index (κ1) is 17.7. The molecule has 3 aromatic rings. The van der Waals surface area contributed by atoms with Crippen molar-refractivity contribution in [1.29, 1.82) is 0 Å². The second kappa shape index (κ2) is 7.56. The van der Waals surface area contributed by atoms with Crippen molar-refractivity contribution in [1.82, 2.24) is 0 Å². The van der Waals surface area contributed by atoms with Gasteiger partial charge in [0.1, 0.15) is 0 Å². The van der Waals surface area contributed by atoms with E-state index in [2.05, 4.69) is 104 Å². The number of allylic oxidation sites excluding steroid dienone is 6. The quantitative estimate of drug-likeness (QED) is 0.441. The van der Waals surface area contributed by atoms with Crippen LogP contribution in [0.5, 0.6) is 0 Å². The van der Waals surface area contributed by atoms with Crippen LogP contribution in [0, 0.1) is 0 Å². The molecule has 29 heavy (non-hydrogen) atoms. The molecule has 0 fully saturated rings. The lowest BCUT2D eigenvalue weighted by atomic mass is 9.94. The highest BCUT2D eigenvalue weighted by molar-refractivity contribution is 5.88. The van der Waals surface area contributed by atoms with Gasteiger partial charge in [-0.15, -0.1) is 0 Å². The van der Waals surface area contributed by atoms with Gasteiger partial charge in [-0.05, 0) is 69.4 Å². The Bertz CT molecular complexity index is 1160. The second-order valence-corrected chi connectivity index (χ2v) is 7.95. The summed E-state index contributed by atoms with van der Waals surface area (Å²) in [7, 11) is 0. The van der Waals surface area contributed by atoms with Crippen molar-refractivity contribution in [3.63, 3.8) is 0 Å². The minimum absolute atomic E-state index is 0.906. The highest BCUT2D eigenvalue weighted by Gasteiger charge is 2.16. The summed E-state index contributed by atoms with van der Waals surface area (Å²) in [5.74, 6) is 0. The number of hydrogen-bond acceptors (Lipinski definition) is 0. The van der Waals surface area contributed by atoms with E-state index in [1.165, 1.54) is 50.1 Å². The molecular formula is C29H24. The third-order valence-electron chi connectivity index (χ3n) is 5.95. The summed E-state index contributed by atoms with van der Waals surface area (Å²) in [5, 5.41) is 0. The molecule has 5 rings (SSSR count). The standard InChI is InChI=1S/C29H24/c1-21(25-14-15-26(18-25)23-8-4-2-5-9-23)16-22-12-13-27-19-29(20-28(27)17-22)24-10-6-3-7-11-24/h2-15,17,20H,1,16,18-19H2. The average Bonchev–Trinajstić information content (AvgIpc) is 3.42. The summed E-state index contributed by atoms with van der Waals surface area (Å²) in [4.78, 5) is 0. The number of benzene rings is 3. The zero-order valence-electron chi connectivity index (χ0n) is 16.6. The lowest BCUT2D eigenvalue weighted by Gasteiger charge is -2.10. The van der Waals surface area contributed by atoms with Gasteiger partial charge in [0.15, 0.2) is 0 Å². The number of hydrogen-bond donors (Lipinski definition) is 0. The Kier molecular flexibility index (Phi) is 4.62. The van der Waals surface area contributed by atoms with Gasteiger partial charge in [-0.25, -0.2) is 0 Å². The molecule has 3 aromatic carbocycles. The predicted octanol–water partition coefficient (Wildman–Crippen LogP) is 7.30. The lowest BCUT2D eigenvalue weighted by Crippen LogP contribution is -1.95. The molecule has 0 atom stereocenters. The minimum Gasteiger partial charge on any atom is -0.0952 e. The summed E-state index contributed by atoms with van der Waals surface area (Å²) in [5.41, 5.74) is 12.1. The third-order valence-corrected chi connectivity index (χ3v) is 5.95. The molecule has 0 unspecified atom stereocenters. The van der Waals surface area contributed by atoms with Gasteiger partial charge in [0.25, 0.3) is 0 Å². The van der Waals surface area contributed by atoms with Crippen molar-refractivity contribution in [2.75, 3.05) is 0 Å².